The monoisotopic (exact) mass is 300 g/mol. The Hall–Kier alpha value is -0.990. The molecule has 0 spiro atoms. The first-order valence-electron chi connectivity index (χ1n) is 5.46. The standard InChI is InChI=1S/C6H13NO2.C3H8NO5P/c1-3-4(2)5(7)6(8)9;5-3(6)1-4-2-10(7,8)9/h4-5H,3,7H2,1-2H3,(H,8,9);4H,1-2H2,(H,5,6)(H2,7,8,9)/t4-,5-;/m0./s1. The van der Waals surface area contributed by atoms with Crippen molar-refractivity contribution < 1.29 is 34.2 Å². The van der Waals surface area contributed by atoms with Crippen molar-refractivity contribution in [2.45, 2.75) is 26.3 Å². The molecule has 0 fully saturated rings. The number of rotatable bonds is 7. The molecule has 0 aromatic heterocycles. The summed E-state index contributed by atoms with van der Waals surface area (Å²) >= 11 is 0. The van der Waals surface area contributed by atoms with Gasteiger partial charge in [0.05, 0.1) is 12.8 Å². The molecule has 0 aromatic carbocycles. The van der Waals surface area contributed by atoms with Crippen molar-refractivity contribution in [3.8, 4) is 0 Å². The molecule has 0 radical (unpaired) electrons. The minimum atomic E-state index is -4.10. The molecule has 7 N–H and O–H groups in total. The van der Waals surface area contributed by atoms with Crippen LogP contribution in [0.25, 0.3) is 0 Å². The Labute approximate surface area is 111 Å². The molecule has 0 bridgehead atoms. The van der Waals surface area contributed by atoms with Crippen molar-refractivity contribution in [2.75, 3.05) is 12.8 Å². The van der Waals surface area contributed by atoms with Crippen molar-refractivity contribution in [1.29, 1.82) is 0 Å². The van der Waals surface area contributed by atoms with Gasteiger partial charge in [0.1, 0.15) is 6.04 Å². The van der Waals surface area contributed by atoms with Crippen LogP contribution in [0.15, 0.2) is 0 Å². The number of hydrogen-bond acceptors (Lipinski definition) is 5. The van der Waals surface area contributed by atoms with Crippen LogP contribution in [0, 0.1) is 5.92 Å². The van der Waals surface area contributed by atoms with Crippen molar-refractivity contribution >= 4 is 19.5 Å². The van der Waals surface area contributed by atoms with Gasteiger partial charge in [0.2, 0.25) is 0 Å². The lowest BCUT2D eigenvalue weighted by atomic mass is 10.0. The number of carbonyl (C=O) groups is 2. The molecular formula is C9H21N2O7P. The molecule has 0 heterocycles. The summed E-state index contributed by atoms with van der Waals surface area (Å²) in [6.45, 7) is 3.32. The van der Waals surface area contributed by atoms with Crippen LogP contribution in [0.4, 0.5) is 0 Å². The molecular weight excluding hydrogens is 279 g/mol. The lowest BCUT2D eigenvalue weighted by Gasteiger charge is -2.11. The van der Waals surface area contributed by atoms with Gasteiger partial charge in [0.15, 0.2) is 0 Å². The summed E-state index contributed by atoms with van der Waals surface area (Å²) in [5.41, 5.74) is 5.27. The molecule has 0 saturated heterocycles. The topological polar surface area (TPSA) is 170 Å². The molecule has 0 aliphatic carbocycles. The Morgan fingerprint density at radius 1 is 1.32 bits per heavy atom. The first-order chi connectivity index (χ1) is 8.51. The molecule has 0 aliphatic heterocycles. The normalized spacial score (nSPS) is 13.9. The fourth-order valence-electron chi connectivity index (χ4n) is 0.806. The number of nitrogens with two attached hydrogens (primary N) is 1. The van der Waals surface area contributed by atoms with E-state index in [0.29, 0.717) is 0 Å². The highest BCUT2D eigenvalue weighted by Crippen LogP contribution is 2.31. The molecule has 0 saturated carbocycles. The summed E-state index contributed by atoms with van der Waals surface area (Å²) in [5, 5.41) is 18.4. The van der Waals surface area contributed by atoms with Gasteiger partial charge in [-0.05, 0) is 5.92 Å². The van der Waals surface area contributed by atoms with Crippen molar-refractivity contribution in [3.63, 3.8) is 0 Å². The number of aliphatic carboxylic acids is 2. The van der Waals surface area contributed by atoms with Crippen LogP contribution < -0.4 is 11.1 Å². The Morgan fingerprint density at radius 2 is 1.79 bits per heavy atom. The Bertz CT molecular complexity index is 331. The molecule has 0 rings (SSSR count). The lowest BCUT2D eigenvalue weighted by molar-refractivity contribution is -0.140. The Balaban J connectivity index is 0. The smallest absolute Gasteiger partial charge is 0.339 e. The zero-order valence-electron chi connectivity index (χ0n) is 10.8. The zero-order valence-corrected chi connectivity index (χ0v) is 11.7. The van der Waals surface area contributed by atoms with Gasteiger partial charge in [0, 0.05) is 0 Å². The highest BCUT2D eigenvalue weighted by molar-refractivity contribution is 7.51. The van der Waals surface area contributed by atoms with E-state index in [1.54, 1.807) is 0 Å². The van der Waals surface area contributed by atoms with Crippen molar-refractivity contribution in [3.05, 3.63) is 0 Å². The highest BCUT2D eigenvalue weighted by atomic mass is 31.2. The highest BCUT2D eigenvalue weighted by Gasteiger charge is 2.17. The molecule has 9 nitrogen and oxygen atoms in total. The summed E-state index contributed by atoms with van der Waals surface area (Å²) in [5.74, 6) is -1.99. The number of carboxylic acids is 2. The molecule has 19 heavy (non-hydrogen) atoms. The second kappa shape index (κ2) is 9.88. The Kier molecular flexibility index (Phi) is 10.6. The fourth-order valence-corrected chi connectivity index (χ4v) is 1.21. The van der Waals surface area contributed by atoms with E-state index in [4.69, 9.17) is 25.7 Å². The quantitative estimate of drug-likeness (QED) is 0.331. The van der Waals surface area contributed by atoms with Gasteiger partial charge < -0.3 is 25.7 Å². The predicted molar refractivity (Wildman–Crippen MR) is 67.6 cm³/mol. The van der Waals surface area contributed by atoms with Gasteiger partial charge >= 0.3 is 19.5 Å². The predicted octanol–water partition coefficient (Wildman–Crippen LogP) is -0.760. The maximum Gasteiger partial charge on any atom is 0.339 e. The number of nitrogens with one attached hydrogen (secondary N) is 1. The van der Waals surface area contributed by atoms with Crippen molar-refractivity contribution in [2.24, 2.45) is 11.7 Å². The van der Waals surface area contributed by atoms with E-state index >= 15 is 0 Å². The fraction of sp³-hybridized carbons (Fsp3) is 0.778. The van der Waals surface area contributed by atoms with Crippen LogP contribution in [0.3, 0.4) is 0 Å². The number of carboxylic acid groups (broad SMARTS) is 2. The summed E-state index contributed by atoms with van der Waals surface area (Å²) in [7, 11) is -4.10. The lowest BCUT2D eigenvalue weighted by Crippen LogP contribution is -2.36. The van der Waals surface area contributed by atoms with E-state index in [1.165, 1.54) is 0 Å². The summed E-state index contributed by atoms with van der Waals surface area (Å²) in [4.78, 5) is 36.3. The summed E-state index contributed by atoms with van der Waals surface area (Å²) in [6.07, 6.45) is 0.215. The van der Waals surface area contributed by atoms with Gasteiger partial charge in [0.25, 0.3) is 0 Å². The molecule has 114 valence electrons. The third-order valence-corrected chi connectivity index (χ3v) is 2.77. The SMILES string of the molecule is CC[C@H](C)[C@H](N)C(=O)O.O=C(O)CNCP(=O)(O)O. The second-order valence-corrected chi connectivity index (χ2v) is 5.54. The third-order valence-electron chi connectivity index (χ3n) is 2.14. The van der Waals surface area contributed by atoms with Crippen molar-refractivity contribution in [1.82, 2.24) is 5.32 Å². The minimum absolute atomic E-state index is 0.0718. The first-order valence-corrected chi connectivity index (χ1v) is 7.26. The average Bonchev–Trinajstić information content (AvgIpc) is 2.25. The minimum Gasteiger partial charge on any atom is -0.480 e. The maximum absolute atomic E-state index is 10.2. The molecule has 0 unspecified atom stereocenters. The van der Waals surface area contributed by atoms with Gasteiger partial charge in [-0.1, -0.05) is 20.3 Å². The first kappa shape index (κ1) is 20.3. The molecule has 10 heteroatoms. The van der Waals surface area contributed by atoms with Gasteiger partial charge in [-0.15, -0.1) is 0 Å². The maximum atomic E-state index is 10.2. The third kappa shape index (κ3) is 15.0. The van der Waals surface area contributed by atoms with Crippen LogP contribution in [-0.4, -0.2) is 50.8 Å². The summed E-state index contributed by atoms with van der Waals surface area (Å²) in [6, 6.07) is -0.699. The van der Waals surface area contributed by atoms with Crippen LogP contribution in [0.5, 0.6) is 0 Å². The molecule has 0 aliphatic rings. The van der Waals surface area contributed by atoms with Gasteiger partial charge in [-0.25, -0.2) is 0 Å². The van der Waals surface area contributed by atoms with Gasteiger partial charge in [-0.3, -0.25) is 19.5 Å². The van der Waals surface area contributed by atoms with E-state index in [-0.39, 0.29) is 5.92 Å². The van der Waals surface area contributed by atoms with E-state index < -0.39 is 38.4 Å². The van der Waals surface area contributed by atoms with E-state index in [0.717, 1.165) is 6.42 Å². The Morgan fingerprint density at radius 3 is 2.00 bits per heavy atom. The average molecular weight is 300 g/mol. The van der Waals surface area contributed by atoms with Crippen LogP contribution in [0.2, 0.25) is 0 Å². The van der Waals surface area contributed by atoms with Crippen LogP contribution in [0.1, 0.15) is 20.3 Å². The molecule has 0 aromatic rings. The second-order valence-electron chi connectivity index (χ2n) is 3.89. The van der Waals surface area contributed by atoms with E-state index in [1.807, 2.05) is 13.8 Å². The molecule has 0 amide bonds. The molecule has 2 atom stereocenters. The zero-order chi connectivity index (χ0) is 15.6. The number of hydrogen-bond donors (Lipinski definition) is 6. The van der Waals surface area contributed by atoms with E-state index in [2.05, 4.69) is 5.32 Å². The van der Waals surface area contributed by atoms with Gasteiger partial charge in [-0.2, -0.15) is 0 Å². The van der Waals surface area contributed by atoms with Crippen LogP contribution >= 0.6 is 7.60 Å². The largest absolute Gasteiger partial charge is 0.480 e. The van der Waals surface area contributed by atoms with E-state index in [9.17, 15) is 14.2 Å². The summed E-state index contributed by atoms with van der Waals surface area (Å²) < 4.78 is 10.1. The van der Waals surface area contributed by atoms with Crippen LogP contribution in [-0.2, 0) is 14.2 Å².